The molecule has 0 aromatic carbocycles. The molecule has 0 heterocycles. The molecular weight excluding hydrogens is 294 g/mol. The fraction of sp³-hybridized carbons (Fsp3) is 0.929. The Kier molecular flexibility index (Phi) is 5.62. The number of methoxy groups -OCH3 is 1. The number of esters is 1. The number of ether oxygens (including phenoxy) is 1. The summed E-state index contributed by atoms with van der Waals surface area (Å²) in [5.41, 5.74) is 0. The van der Waals surface area contributed by atoms with Crippen molar-refractivity contribution in [2.45, 2.75) is 56.3 Å². The van der Waals surface area contributed by atoms with Gasteiger partial charge in [0.15, 0.2) is 0 Å². The number of sulfonamides is 1. The summed E-state index contributed by atoms with van der Waals surface area (Å²) >= 11 is 0. The number of carbonyl (C=O) groups excluding carboxylic acids is 1. The molecule has 0 saturated heterocycles. The molecular formula is C14H25NO5S. The van der Waals surface area contributed by atoms with Crippen molar-refractivity contribution in [2.75, 3.05) is 13.7 Å². The third kappa shape index (κ3) is 4.17. The molecule has 0 radical (unpaired) electrons. The van der Waals surface area contributed by atoms with E-state index in [1.165, 1.54) is 7.11 Å². The molecule has 122 valence electrons. The Morgan fingerprint density at radius 1 is 1.24 bits per heavy atom. The monoisotopic (exact) mass is 319 g/mol. The molecule has 2 saturated carbocycles. The lowest BCUT2D eigenvalue weighted by Gasteiger charge is -2.27. The Morgan fingerprint density at radius 3 is 2.62 bits per heavy atom. The summed E-state index contributed by atoms with van der Waals surface area (Å²) in [6, 6.07) is 0. The first-order chi connectivity index (χ1) is 9.94. The van der Waals surface area contributed by atoms with Crippen LogP contribution in [-0.2, 0) is 19.6 Å². The molecule has 21 heavy (non-hydrogen) atoms. The average molecular weight is 319 g/mol. The van der Waals surface area contributed by atoms with Gasteiger partial charge in [-0.05, 0) is 38.0 Å². The van der Waals surface area contributed by atoms with Gasteiger partial charge in [-0.3, -0.25) is 4.79 Å². The molecule has 6 nitrogen and oxygen atoms in total. The first-order valence-electron chi connectivity index (χ1n) is 7.68. The minimum Gasteiger partial charge on any atom is -0.469 e. The zero-order valence-electron chi connectivity index (χ0n) is 12.5. The van der Waals surface area contributed by atoms with Crippen LogP contribution in [0.5, 0.6) is 0 Å². The summed E-state index contributed by atoms with van der Waals surface area (Å²) in [6.45, 7) is 0.351. The smallest absolute Gasteiger partial charge is 0.310 e. The SMILES string of the molecule is COC(=O)C1CCCC1S(=O)(=O)NCC1CCCC(O)C1. The number of aliphatic hydroxyl groups excluding tert-OH is 1. The molecule has 2 aliphatic carbocycles. The van der Waals surface area contributed by atoms with Crippen molar-refractivity contribution in [2.24, 2.45) is 11.8 Å². The second kappa shape index (κ2) is 7.07. The Bertz CT molecular complexity index is 464. The lowest BCUT2D eigenvalue weighted by molar-refractivity contribution is -0.145. The summed E-state index contributed by atoms with van der Waals surface area (Å²) in [4.78, 5) is 11.7. The third-order valence-corrected chi connectivity index (χ3v) is 6.61. The van der Waals surface area contributed by atoms with Crippen LogP contribution in [0, 0.1) is 11.8 Å². The van der Waals surface area contributed by atoms with Gasteiger partial charge in [0.2, 0.25) is 10.0 Å². The van der Waals surface area contributed by atoms with Crippen LogP contribution in [0.25, 0.3) is 0 Å². The predicted octanol–water partition coefficient (Wildman–Crippen LogP) is 0.799. The topological polar surface area (TPSA) is 92.7 Å². The minimum atomic E-state index is -3.51. The summed E-state index contributed by atoms with van der Waals surface area (Å²) in [5.74, 6) is -0.804. The van der Waals surface area contributed by atoms with Crippen molar-refractivity contribution in [3.05, 3.63) is 0 Å². The summed E-state index contributed by atoms with van der Waals surface area (Å²) < 4.78 is 32.2. The van der Waals surface area contributed by atoms with Crippen molar-refractivity contribution in [3.8, 4) is 0 Å². The normalized spacial score (nSPS) is 33.8. The van der Waals surface area contributed by atoms with Crippen LogP contribution in [0.1, 0.15) is 44.9 Å². The molecule has 4 unspecified atom stereocenters. The van der Waals surface area contributed by atoms with E-state index in [1.54, 1.807) is 0 Å². The second-order valence-corrected chi connectivity index (χ2v) is 8.16. The first-order valence-corrected chi connectivity index (χ1v) is 9.23. The van der Waals surface area contributed by atoms with E-state index < -0.39 is 27.2 Å². The molecule has 0 amide bonds. The number of hydrogen-bond acceptors (Lipinski definition) is 5. The van der Waals surface area contributed by atoms with Gasteiger partial charge in [-0.2, -0.15) is 0 Å². The molecule has 4 atom stereocenters. The maximum atomic E-state index is 12.4. The van der Waals surface area contributed by atoms with Gasteiger partial charge in [0.25, 0.3) is 0 Å². The fourth-order valence-electron chi connectivity index (χ4n) is 3.51. The van der Waals surface area contributed by atoms with E-state index >= 15 is 0 Å². The van der Waals surface area contributed by atoms with Crippen LogP contribution in [0.4, 0.5) is 0 Å². The van der Waals surface area contributed by atoms with Gasteiger partial charge in [0.05, 0.1) is 24.4 Å². The molecule has 2 rings (SSSR count). The van der Waals surface area contributed by atoms with Crippen molar-refractivity contribution in [1.29, 1.82) is 0 Å². The van der Waals surface area contributed by atoms with E-state index in [1.807, 2.05) is 0 Å². The third-order valence-electron chi connectivity index (χ3n) is 4.68. The molecule has 0 aromatic heterocycles. The maximum absolute atomic E-state index is 12.4. The quantitative estimate of drug-likeness (QED) is 0.731. The molecule has 2 aliphatic rings. The molecule has 2 fully saturated rings. The Morgan fingerprint density at radius 2 is 1.95 bits per heavy atom. The standard InChI is InChI=1S/C14H25NO5S/c1-20-14(17)12-6-3-7-13(12)21(18,19)15-9-10-4-2-5-11(16)8-10/h10-13,15-16H,2-9H2,1H3. The van der Waals surface area contributed by atoms with Crippen LogP contribution < -0.4 is 4.72 Å². The van der Waals surface area contributed by atoms with Gasteiger partial charge in [-0.1, -0.05) is 12.8 Å². The van der Waals surface area contributed by atoms with E-state index in [0.717, 1.165) is 25.7 Å². The highest BCUT2D eigenvalue weighted by atomic mass is 32.2. The van der Waals surface area contributed by atoms with Crippen LogP contribution >= 0.6 is 0 Å². The van der Waals surface area contributed by atoms with Crippen LogP contribution in [0.15, 0.2) is 0 Å². The van der Waals surface area contributed by atoms with Crippen LogP contribution in [0.2, 0.25) is 0 Å². The zero-order valence-corrected chi connectivity index (χ0v) is 13.3. The number of hydrogen-bond donors (Lipinski definition) is 2. The molecule has 7 heteroatoms. The molecule has 0 aliphatic heterocycles. The number of nitrogens with one attached hydrogen (secondary N) is 1. The number of rotatable bonds is 5. The van der Waals surface area contributed by atoms with Crippen molar-refractivity contribution >= 4 is 16.0 Å². The van der Waals surface area contributed by atoms with Gasteiger partial charge in [0.1, 0.15) is 0 Å². The number of aliphatic hydroxyl groups is 1. The minimum absolute atomic E-state index is 0.182. The highest BCUT2D eigenvalue weighted by molar-refractivity contribution is 7.90. The van der Waals surface area contributed by atoms with E-state index in [-0.39, 0.29) is 12.0 Å². The number of carbonyl (C=O) groups is 1. The molecule has 0 aromatic rings. The van der Waals surface area contributed by atoms with Gasteiger partial charge >= 0.3 is 5.97 Å². The predicted molar refractivity (Wildman–Crippen MR) is 78.0 cm³/mol. The van der Waals surface area contributed by atoms with E-state index in [4.69, 9.17) is 4.74 Å². The van der Waals surface area contributed by atoms with Crippen LogP contribution in [0.3, 0.4) is 0 Å². The van der Waals surface area contributed by atoms with E-state index in [0.29, 0.717) is 25.8 Å². The largest absolute Gasteiger partial charge is 0.469 e. The van der Waals surface area contributed by atoms with Crippen molar-refractivity contribution in [3.63, 3.8) is 0 Å². The van der Waals surface area contributed by atoms with Gasteiger partial charge in [-0.15, -0.1) is 0 Å². The summed E-state index contributed by atoms with van der Waals surface area (Å²) in [7, 11) is -2.22. The molecule has 0 bridgehead atoms. The zero-order chi connectivity index (χ0) is 15.5. The second-order valence-electron chi connectivity index (χ2n) is 6.18. The van der Waals surface area contributed by atoms with Crippen molar-refractivity contribution in [1.82, 2.24) is 4.72 Å². The highest BCUT2D eigenvalue weighted by Crippen LogP contribution is 2.32. The Balaban J connectivity index is 1.93. The lowest BCUT2D eigenvalue weighted by Crippen LogP contribution is -2.42. The lowest BCUT2D eigenvalue weighted by atomic mass is 9.87. The van der Waals surface area contributed by atoms with Crippen LogP contribution in [-0.4, -0.2) is 44.5 Å². The first kappa shape index (κ1) is 16.7. The summed E-state index contributed by atoms with van der Waals surface area (Å²) in [6.07, 6.45) is 4.80. The average Bonchev–Trinajstić information content (AvgIpc) is 2.95. The molecule has 0 spiro atoms. The maximum Gasteiger partial charge on any atom is 0.310 e. The summed E-state index contributed by atoms with van der Waals surface area (Å²) in [5, 5.41) is 8.95. The Labute approximate surface area is 126 Å². The van der Waals surface area contributed by atoms with Crippen molar-refractivity contribution < 1.29 is 23.1 Å². The Hall–Kier alpha value is -0.660. The van der Waals surface area contributed by atoms with Gasteiger partial charge in [0, 0.05) is 6.54 Å². The highest BCUT2D eigenvalue weighted by Gasteiger charge is 2.42. The van der Waals surface area contributed by atoms with E-state index in [9.17, 15) is 18.3 Å². The fourth-order valence-corrected chi connectivity index (χ4v) is 5.35. The van der Waals surface area contributed by atoms with Gasteiger partial charge in [-0.25, -0.2) is 13.1 Å². The molecule has 2 N–H and O–H groups in total. The van der Waals surface area contributed by atoms with E-state index in [2.05, 4.69) is 4.72 Å². The van der Waals surface area contributed by atoms with Gasteiger partial charge < -0.3 is 9.84 Å².